The number of aliphatic hydroxyl groups is 1. The Morgan fingerprint density at radius 1 is 0.872 bits per heavy atom. The number of hydrogen-bond donors (Lipinski definition) is 1. The molecule has 1 N–H and O–H groups in total. The predicted molar refractivity (Wildman–Crippen MR) is 155 cm³/mol. The van der Waals surface area contributed by atoms with E-state index in [1.165, 1.54) is 0 Å². The second-order valence-electron chi connectivity index (χ2n) is 10.2. The predicted octanol–water partition coefficient (Wildman–Crippen LogP) is 7.42. The van der Waals surface area contributed by atoms with E-state index < -0.39 is 0 Å². The fourth-order valence-corrected chi connectivity index (χ4v) is 4.97. The Kier molecular flexibility index (Phi) is 7.69. The van der Waals surface area contributed by atoms with E-state index in [-0.39, 0.29) is 11.7 Å². The van der Waals surface area contributed by atoms with Crippen LogP contribution in [0.2, 0.25) is 0 Å². The number of rotatable bonds is 8. The largest absolute Gasteiger partial charge is 0.508 e. The van der Waals surface area contributed by atoms with Gasteiger partial charge in [-0.25, -0.2) is 0 Å². The van der Waals surface area contributed by atoms with E-state index >= 15 is 0 Å². The van der Waals surface area contributed by atoms with Crippen LogP contribution in [-0.4, -0.2) is 29.0 Å². The molecule has 1 heterocycles. The average Bonchev–Trinajstić information content (AvgIpc) is 3.26. The van der Waals surface area contributed by atoms with Crippen LogP contribution in [0.15, 0.2) is 114 Å². The monoisotopic (exact) mass is 519 g/mol. The molecule has 39 heavy (non-hydrogen) atoms. The van der Waals surface area contributed by atoms with Crippen LogP contribution in [0, 0.1) is 0 Å². The number of hydrogen-bond acceptors (Lipinski definition) is 4. The number of ether oxygens (including phenoxy) is 2. The van der Waals surface area contributed by atoms with Crippen molar-refractivity contribution in [3.63, 3.8) is 0 Å². The van der Waals surface area contributed by atoms with Gasteiger partial charge in [0.2, 0.25) is 0 Å². The third-order valence-electron chi connectivity index (χ3n) is 6.94. The first-order valence-electron chi connectivity index (χ1n) is 13.1. The Balaban J connectivity index is 1.46. The van der Waals surface area contributed by atoms with Crippen LogP contribution in [0.25, 0.3) is 5.57 Å². The molecule has 0 bridgehead atoms. The Morgan fingerprint density at radius 2 is 1.46 bits per heavy atom. The molecule has 2 aliphatic rings. The van der Waals surface area contributed by atoms with Crippen LogP contribution >= 0.6 is 0 Å². The summed E-state index contributed by atoms with van der Waals surface area (Å²) in [6, 6.07) is 23.5. The zero-order valence-corrected chi connectivity index (χ0v) is 22.4. The number of aliphatic hydroxyl groups excluding tert-OH is 1. The van der Waals surface area contributed by atoms with Crippen LogP contribution in [0.3, 0.4) is 0 Å². The van der Waals surface area contributed by atoms with Crippen LogP contribution in [0.5, 0.6) is 11.5 Å². The van der Waals surface area contributed by atoms with Gasteiger partial charge in [-0.1, -0.05) is 72.8 Å². The standard InChI is InChI=1S/C34H33NO4/c1-23(2)30-17-31(34(37)35-19-27-14-24(3)15-29(36)16-28(27)20-35)33(39-22-26-12-8-5-9-13-26)18-32(30)38-21-25-10-6-4-7-11-25/h4-13,15-18,36H,1,14,19-22H2,2-3H3. The lowest BCUT2D eigenvalue weighted by molar-refractivity contribution is 0.0791. The molecule has 1 aliphatic carbocycles. The number of allylic oxidation sites excluding steroid dienone is 3. The highest BCUT2D eigenvalue weighted by atomic mass is 16.5. The summed E-state index contributed by atoms with van der Waals surface area (Å²) in [5.74, 6) is 1.18. The molecule has 3 aromatic rings. The molecule has 0 saturated carbocycles. The van der Waals surface area contributed by atoms with Gasteiger partial charge >= 0.3 is 0 Å². The van der Waals surface area contributed by atoms with Crippen LogP contribution in [-0.2, 0) is 13.2 Å². The summed E-state index contributed by atoms with van der Waals surface area (Å²) in [7, 11) is 0. The summed E-state index contributed by atoms with van der Waals surface area (Å²) in [5, 5.41) is 10.2. The van der Waals surface area contributed by atoms with Crippen LogP contribution in [0.1, 0.15) is 47.3 Å². The van der Waals surface area contributed by atoms with E-state index in [0.717, 1.165) is 45.4 Å². The topological polar surface area (TPSA) is 59.0 Å². The molecule has 3 aromatic carbocycles. The van der Waals surface area contributed by atoms with Gasteiger partial charge in [0.05, 0.1) is 5.56 Å². The van der Waals surface area contributed by atoms with E-state index in [1.807, 2.05) is 91.5 Å². The molecule has 1 amide bonds. The molecular weight excluding hydrogens is 486 g/mol. The van der Waals surface area contributed by atoms with Gasteiger partial charge in [0, 0.05) is 24.7 Å². The highest BCUT2D eigenvalue weighted by Gasteiger charge is 2.30. The SMILES string of the molecule is C=C(C)c1cc(C(=O)N2CC3=C(CC(C)=CC(O)=C3)C2)c(OCc2ccccc2)cc1OCc1ccccc1. The maximum atomic E-state index is 14.0. The molecule has 0 aromatic heterocycles. The fourth-order valence-electron chi connectivity index (χ4n) is 4.97. The van der Waals surface area contributed by atoms with Crippen molar-refractivity contribution in [2.75, 3.05) is 13.1 Å². The molecule has 0 unspecified atom stereocenters. The first kappa shape index (κ1) is 26.1. The Hall–Kier alpha value is -4.51. The number of nitrogens with zero attached hydrogens (tertiary/aromatic N) is 1. The first-order chi connectivity index (χ1) is 18.9. The van der Waals surface area contributed by atoms with E-state index in [1.54, 1.807) is 12.2 Å². The van der Waals surface area contributed by atoms with Gasteiger partial charge in [-0.3, -0.25) is 4.79 Å². The van der Waals surface area contributed by atoms with Gasteiger partial charge in [0.1, 0.15) is 30.5 Å². The van der Waals surface area contributed by atoms with Crippen molar-refractivity contribution in [2.45, 2.75) is 33.5 Å². The zero-order valence-electron chi connectivity index (χ0n) is 22.4. The van der Waals surface area contributed by atoms with Gasteiger partial charge in [0.15, 0.2) is 0 Å². The summed E-state index contributed by atoms with van der Waals surface area (Å²) >= 11 is 0. The van der Waals surface area contributed by atoms with Crippen molar-refractivity contribution in [3.8, 4) is 11.5 Å². The normalized spacial score (nSPS) is 14.8. The van der Waals surface area contributed by atoms with Crippen molar-refractivity contribution < 1.29 is 19.4 Å². The number of carbonyl (C=O) groups excluding carboxylic acids is 1. The molecule has 1 aliphatic heterocycles. The van der Waals surface area contributed by atoms with E-state index in [4.69, 9.17) is 9.47 Å². The number of benzene rings is 3. The fraction of sp³-hybridized carbons (Fsp3) is 0.206. The summed E-state index contributed by atoms with van der Waals surface area (Å²) in [6.45, 7) is 9.71. The van der Waals surface area contributed by atoms with E-state index in [9.17, 15) is 9.90 Å². The second-order valence-corrected chi connectivity index (χ2v) is 10.2. The molecule has 198 valence electrons. The van der Waals surface area contributed by atoms with Crippen molar-refractivity contribution in [2.24, 2.45) is 0 Å². The van der Waals surface area contributed by atoms with Gasteiger partial charge in [0.25, 0.3) is 5.91 Å². The minimum atomic E-state index is -0.127. The summed E-state index contributed by atoms with van der Waals surface area (Å²) in [4.78, 5) is 15.8. The van der Waals surface area contributed by atoms with Crippen molar-refractivity contribution in [1.82, 2.24) is 4.90 Å². The molecule has 0 atom stereocenters. The smallest absolute Gasteiger partial charge is 0.258 e. The summed E-state index contributed by atoms with van der Waals surface area (Å²) in [5.41, 5.74) is 7.29. The molecule has 0 saturated heterocycles. The lowest BCUT2D eigenvalue weighted by Crippen LogP contribution is -2.30. The Morgan fingerprint density at radius 3 is 2.05 bits per heavy atom. The molecule has 0 spiro atoms. The molecule has 5 rings (SSSR count). The summed E-state index contributed by atoms with van der Waals surface area (Å²) in [6.07, 6.45) is 4.29. The molecular formula is C34H33NO4. The van der Waals surface area contributed by atoms with E-state index in [0.29, 0.717) is 43.4 Å². The number of carbonyl (C=O) groups is 1. The van der Waals surface area contributed by atoms with Crippen molar-refractivity contribution in [1.29, 1.82) is 0 Å². The number of amides is 1. The minimum absolute atomic E-state index is 0.127. The average molecular weight is 520 g/mol. The maximum Gasteiger partial charge on any atom is 0.258 e. The quantitative estimate of drug-likeness (QED) is 0.336. The minimum Gasteiger partial charge on any atom is -0.508 e. The lowest BCUT2D eigenvalue weighted by atomic mass is 10.0. The zero-order chi connectivity index (χ0) is 27.4. The van der Waals surface area contributed by atoms with Gasteiger partial charge < -0.3 is 19.5 Å². The highest BCUT2D eigenvalue weighted by molar-refractivity contribution is 5.99. The van der Waals surface area contributed by atoms with E-state index in [2.05, 4.69) is 6.58 Å². The Labute approximate surface area is 230 Å². The lowest BCUT2D eigenvalue weighted by Gasteiger charge is -2.22. The maximum absolute atomic E-state index is 14.0. The van der Waals surface area contributed by atoms with Gasteiger partial charge in [-0.05, 0) is 66.3 Å². The molecule has 0 fully saturated rings. The first-order valence-corrected chi connectivity index (χ1v) is 13.1. The van der Waals surface area contributed by atoms with Crippen molar-refractivity contribution in [3.05, 3.63) is 136 Å². The van der Waals surface area contributed by atoms with Gasteiger partial charge in [-0.2, -0.15) is 0 Å². The third-order valence-corrected chi connectivity index (χ3v) is 6.94. The third kappa shape index (κ3) is 6.15. The highest BCUT2D eigenvalue weighted by Crippen LogP contribution is 2.36. The molecule has 0 radical (unpaired) electrons. The van der Waals surface area contributed by atoms with Gasteiger partial charge in [-0.15, -0.1) is 0 Å². The van der Waals surface area contributed by atoms with Crippen molar-refractivity contribution >= 4 is 11.5 Å². The molecule has 5 nitrogen and oxygen atoms in total. The Bertz CT molecular complexity index is 1480. The van der Waals surface area contributed by atoms with Crippen LogP contribution in [0.4, 0.5) is 0 Å². The summed E-state index contributed by atoms with van der Waals surface area (Å²) < 4.78 is 12.5. The molecule has 5 heteroatoms. The van der Waals surface area contributed by atoms with Crippen LogP contribution < -0.4 is 9.47 Å². The second kappa shape index (κ2) is 11.5.